The van der Waals surface area contributed by atoms with Crippen molar-refractivity contribution in [2.75, 3.05) is 37.6 Å². The summed E-state index contributed by atoms with van der Waals surface area (Å²) in [6.07, 6.45) is -0.194. The maximum atomic E-state index is 15.6. The summed E-state index contributed by atoms with van der Waals surface area (Å²) in [5.74, 6) is -3.03. The fraction of sp³-hybridized carbons (Fsp3) is 0.419. The molecule has 14 nitrogen and oxygen atoms in total. The van der Waals surface area contributed by atoms with Gasteiger partial charge in [0.25, 0.3) is 17.7 Å². The van der Waals surface area contributed by atoms with Crippen molar-refractivity contribution < 1.29 is 37.9 Å². The minimum absolute atomic E-state index is 0.0382. The number of anilines is 1. The van der Waals surface area contributed by atoms with Gasteiger partial charge in [0.2, 0.25) is 17.7 Å². The molecular weight excluding hydrogens is 781 g/mol. The maximum Gasteiger partial charge on any atom is 0.262 e. The van der Waals surface area contributed by atoms with Crippen molar-refractivity contribution >= 4 is 52.7 Å². The summed E-state index contributed by atoms with van der Waals surface area (Å²) in [6.45, 7) is 10.8. The number of piperidine rings is 1. The molecule has 3 aromatic carbocycles. The van der Waals surface area contributed by atoms with E-state index in [1.54, 1.807) is 41.3 Å². The number of imide groups is 2. The molecule has 6 amide bonds. The molecule has 8 rings (SSSR count). The number of hydrogen-bond acceptors (Lipinski definition) is 10. The van der Waals surface area contributed by atoms with Gasteiger partial charge in [0.1, 0.15) is 29.8 Å². The van der Waals surface area contributed by atoms with E-state index in [0.717, 1.165) is 16.0 Å². The molecule has 1 unspecified atom stereocenters. The summed E-state index contributed by atoms with van der Waals surface area (Å²) in [5, 5.41) is 14.7. The standard InChI is InChI=1S/C43H43ClFN7O7/c1-42(2)40(43(3,4)41(42)59-27-7-5-23(19-46)31(44)18-27)48-36(55)28-8-6-26(17-32(28)45)50-13-11-49(12-14-50)22-35(54)51-20-24-15-29-30(16-25(24)21-51)39(58)52(38(29)57)33-9-10-34(53)47-37(33)56/h5-8,15-18,33,40-41H,9-14,20-22H2,1-4H3,(H,48,55)(H,47,53,56). The van der Waals surface area contributed by atoms with Gasteiger partial charge in [-0.15, -0.1) is 0 Å². The molecule has 1 aliphatic carbocycles. The van der Waals surface area contributed by atoms with Gasteiger partial charge >= 0.3 is 0 Å². The van der Waals surface area contributed by atoms with Crippen molar-refractivity contribution in [2.24, 2.45) is 10.8 Å². The highest BCUT2D eigenvalue weighted by Gasteiger charge is 2.64. The molecule has 306 valence electrons. The molecule has 1 saturated carbocycles. The number of carbonyl (C=O) groups excluding carboxylic acids is 6. The highest BCUT2D eigenvalue weighted by molar-refractivity contribution is 6.31. The van der Waals surface area contributed by atoms with Crippen LogP contribution in [-0.4, -0.2) is 101 Å². The number of halogens is 2. The smallest absolute Gasteiger partial charge is 0.262 e. The molecule has 4 heterocycles. The molecule has 5 aliphatic rings. The number of nitriles is 1. The highest BCUT2D eigenvalue weighted by Crippen LogP contribution is 2.55. The van der Waals surface area contributed by atoms with E-state index in [9.17, 15) is 34.0 Å². The third-order valence-corrected chi connectivity index (χ3v) is 12.9. The number of piperazine rings is 1. The number of ether oxygens (including phenoxy) is 1. The van der Waals surface area contributed by atoms with Crippen LogP contribution in [0.1, 0.15) is 88.3 Å². The van der Waals surface area contributed by atoms with E-state index in [0.29, 0.717) is 48.2 Å². The van der Waals surface area contributed by atoms with Gasteiger partial charge in [0.05, 0.1) is 33.8 Å². The van der Waals surface area contributed by atoms with Crippen molar-refractivity contribution in [3.8, 4) is 11.8 Å². The summed E-state index contributed by atoms with van der Waals surface area (Å²) in [4.78, 5) is 84.1. The van der Waals surface area contributed by atoms with Crippen molar-refractivity contribution in [3.63, 3.8) is 0 Å². The number of benzene rings is 3. The predicted molar refractivity (Wildman–Crippen MR) is 212 cm³/mol. The Hall–Kier alpha value is -5.85. The van der Waals surface area contributed by atoms with E-state index in [1.165, 1.54) is 12.1 Å². The van der Waals surface area contributed by atoms with Gasteiger partial charge in [0.15, 0.2) is 0 Å². The zero-order valence-electron chi connectivity index (χ0n) is 33.1. The zero-order chi connectivity index (χ0) is 42.1. The topological polar surface area (TPSA) is 172 Å². The van der Waals surface area contributed by atoms with Gasteiger partial charge < -0.3 is 19.9 Å². The molecule has 3 aromatic rings. The minimum atomic E-state index is -1.05. The van der Waals surface area contributed by atoms with Crippen LogP contribution in [0.3, 0.4) is 0 Å². The van der Waals surface area contributed by atoms with Crippen LogP contribution in [0, 0.1) is 28.0 Å². The average molecular weight is 824 g/mol. The Morgan fingerprint density at radius 2 is 1.58 bits per heavy atom. The monoisotopic (exact) mass is 823 g/mol. The number of rotatable bonds is 8. The molecule has 3 fully saturated rings. The molecule has 0 radical (unpaired) electrons. The number of nitrogens with one attached hydrogen (secondary N) is 2. The van der Waals surface area contributed by atoms with Gasteiger partial charge in [-0.25, -0.2) is 4.39 Å². The van der Waals surface area contributed by atoms with E-state index < -0.39 is 52.2 Å². The lowest BCUT2D eigenvalue weighted by atomic mass is 9.49. The van der Waals surface area contributed by atoms with E-state index in [1.807, 2.05) is 43.6 Å². The molecule has 2 N–H and O–H groups in total. The van der Waals surface area contributed by atoms with Crippen molar-refractivity contribution in [2.45, 2.75) is 71.8 Å². The van der Waals surface area contributed by atoms with E-state index in [2.05, 4.69) is 10.6 Å². The Kier molecular flexibility index (Phi) is 9.99. The van der Waals surface area contributed by atoms with Crippen LogP contribution < -0.4 is 20.3 Å². The maximum absolute atomic E-state index is 15.6. The first-order chi connectivity index (χ1) is 28.0. The molecule has 16 heteroatoms. The first-order valence-electron chi connectivity index (χ1n) is 19.6. The van der Waals surface area contributed by atoms with Crippen LogP contribution in [0.25, 0.3) is 0 Å². The second kappa shape index (κ2) is 14.8. The number of amides is 6. The Morgan fingerprint density at radius 3 is 2.15 bits per heavy atom. The number of nitrogens with zero attached hydrogens (tertiary/aromatic N) is 5. The second-order valence-electron chi connectivity index (χ2n) is 17.1. The quantitative estimate of drug-likeness (QED) is 0.316. The second-order valence-corrected chi connectivity index (χ2v) is 17.5. The number of fused-ring (bicyclic) bond motifs is 2. The Labute approximate surface area is 345 Å². The predicted octanol–water partition coefficient (Wildman–Crippen LogP) is 4.03. The molecule has 1 atom stereocenters. The fourth-order valence-electron chi connectivity index (χ4n) is 9.69. The lowest BCUT2D eigenvalue weighted by Gasteiger charge is -2.63. The lowest BCUT2D eigenvalue weighted by Crippen LogP contribution is -2.74. The minimum Gasteiger partial charge on any atom is -0.489 e. The molecule has 4 aliphatic heterocycles. The molecule has 2 saturated heterocycles. The summed E-state index contributed by atoms with van der Waals surface area (Å²) in [5.41, 5.74) is 1.78. The number of carbonyl (C=O) groups is 6. The van der Waals surface area contributed by atoms with E-state index in [-0.39, 0.29) is 67.2 Å². The van der Waals surface area contributed by atoms with Crippen LogP contribution in [-0.2, 0) is 27.5 Å². The summed E-state index contributed by atoms with van der Waals surface area (Å²) in [7, 11) is 0. The molecule has 0 spiro atoms. The van der Waals surface area contributed by atoms with Crippen molar-refractivity contribution in [3.05, 3.63) is 92.8 Å². The number of hydrogen-bond donors (Lipinski definition) is 2. The third kappa shape index (κ3) is 6.97. The normalized spacial score (nSPS) is 23.3. The van der Waals surface area contributed by atoms with Crippen molar-refractivity contribution in [1.29, 1.82) is 5.26 Å². The Bertz CT molecular complexity index is 2330. The van der Waals surface area contributed by atoms with Gasteiger partial charge in [-0.1, -0.05) is 39.3 Å². The van der Waals surface area contributed by atoms with E-state index >= 15 is 4.39 Å². The van der Waals surface area contributed by atoms with Crippen LogP contribution in [0.2, 0.25) is 5.02 Å². The van der Waals surface area contributed by atoms with Crippen molar-refractivity contribution in [1.82, 2.24) is 25.3 Å². The first kappa shape index (κ1) is 40.0. The fourth-order valence-corrected chi connectivity index (χ4v) is 9.90. The molecule has 59 heavy (non-hydrogen) atoms. The SMILES string of the molecule is CC1(C)C(NC(=O)c2ccc(N3CCN(CC(=O)N4Cc5cc6c(cc5C4)C(=O)N(C4CCC(=O)NC4=O)C6=O)CC3)cc2F)C(C)(C)C1Oc1ccc(C#N)c(Cl)c1. The van der Waals surface area contributed by atoms with Crippen LogP contribution in [0.4, 0.5) is 10.1 Å². The van der Waals surface area contributed by atoms with Crippen LogP contribution in [0.5, 0.6) is 5.75 Å². The summed E-state index contributed by atoms with van der Waals surface area (Å²) in [6, 6.07) is 13.4. The Morgan fingerprint density at radius 1 is 0.932 bits per heavy atom. The van der Waals surface area contributed by atoms with Crippen LogP contribution in [0.15, 0.2) is 48.5 Å². The zero-order valence-corrected chi connectivity index (χ0v) is 33.8. The average Bonchev–Trinajstić information content (AvgIpc) is 3.72. The largest absolute Gasteiger partial charge is 0.489 e. The summed E-state index contributed by atoms with van der Waals surface area (Å²) < 4.78 is 21.9. The van der Waals surface area contributed by atoms with Gasteiger partial charge in [-0.05, 0) is 60.0 Å². The van der Waals surface area contributed by atoms with Crippen LogP contribution >= 0.6 is 11.6 Å². The first-order valence-corrected chi connectivity index (χ1v) is 19.9. The lowest BCUT2D eigenvalue weighted by molar-refractivity contribution is -0.164. The van der Waals surface area contributed by atoms with Gasteiger partial charge in [-0.2, -0.15) is 5.26 Å². The molecule has 0 bridgehead atoms. The molecular formula is C43H43ClFN7O7. The van der Waals surface area contributed by atoms with Gasteiger partial charge in [0, 0.05) is 74.3 Å². The highest BCUT2D eigenvalue weighted by atomic mass is 35.5. The van der Waals surface area contributed by atoms with Gasteiger partial charge in [-0.3, -0.25) is 43.9 Å². The third-order valence-electron chi connectivity index (χ3n) is 12.6. The van der Waals surface area contributed by atoms with E-state index in [4.69, 9.17) is 16.3 Å². The Balaban J connectivity index is 0.830. The summed E-state index contributed by atoms with van der Waals surface area (Å²) >= 11 is 6.22. The molecule has 0 aromatic heterocycles.